The molecule has 8 heteroatoms. The van der Waals surface area contributed by atoms with Crippen LogP contribution in [0.3, 0.4) is 0 Å². The molecule has 1 fully saturated rings. The van der Waals surface area contributed by atoms with Gasteiger partial charge in [-0.05, 0) is 41.1 Å². The van der Waals surface area contributed by atoms with Gasteiger partial charge in [0.2, 0.25) is 10.0 Å². The first-order valence-corrected chi connectivity index (χ1v) is 8.97. The van der Waals surface area contributed by atoms with Crippen molar-refractivity contribution in [3.8, 4) is 0 Å². The van der Waals surface area contributed by atoms with Gasteiger partial charge in [0.25, 0.3) is 5.91 Å². The lowest BCUT2D eigenvalue weighted by molar-refractivity contribution is 0.0697. The predicted octanol–water partition coefficient (Wildman–Crippen LogP) is 1.70. The van der Waals surface area contributed by atoms with Gasteiger partial charge in [-0.2, -0.15) is 4.31 Å². The van der Waals surface area contributed by atoms with Crippen molar-refractivity contribution < 1.29 is 17.6 Å². The molecule has 116 valence electrons. The number of hydrogen-bond donors (Lipinski definition) is 0. The van der Waals surface area contributed by atoms with Gasteiger partial charge in [-0.1, -0.05) is 0 Å². The van der Waals surface area contributed by atoms with Gasteiger partial charge in [0.15, 0.2) is 0 Å². The van der Waals surface area contributed by atoms with Crippen LogP contribution >= 0.6 is 15.9 Å². The molecular weight excluding hydrogens is 363 g/mol. The number of halogens is 2. The van der Waals surface area contributed by atoms with Crippen molar-refractivity contribution in [1.29, 1.82) is 0 Å². The minimum atomic E-state index is -3.21. The summed E-state index contributed by atoms with van der Waals surface area (Å²) in [6.07, 6.45) is 0. The van der Waals surface area contributed by atoms with Crippen LogP contribution in [-0.2, 0) is 10.0 Å². The van der Waals surface area contributed by atoms with Gasteiger partial charge in [0, 0.05) is 30.7 Å². The van der Waals surface area contributed by atoms with E-state index in [-0.39, 0.29) is 11.7 Å². The molecule has 2 rings (SSSR count). The fraction of sp³-hybridized carbons (Fsp3) is 0.462. The molecule has 0 aliphatic carbocycles. The molecule has 1 aliphatic rings. The lowest BCUT2D eigenvalue weighted by Crippen LogP contribution is -2.50. The number of carbonyl (C=O) groups excluding carboxylic acids is 1. The molecule has 21 heavy (non-hydrogen) atoms. The Kier molecular flexibility index (Phi) is 5.00. The maximum absolute atomic E-state index is 13.0. The van der Waals surface area contributed by atoms with Gasteiger partial charge in [-0.25, -0.2) is 12.8 Å². The highest BCUT2D eigenvalue weighted by Crippen LogP contribution is 2.21. The molecule has 0 radical (unpaired) electrons. The number of hydrogen-bond acceptors (Lipinski definition) is 3. The molecule has 0 bridgehead atoms. The van der Waals surface area contributed by atoms with Crippen LogP contribution in [0.25, 0.3) is 0 Å². The van der Waals surface area contributed by atoms with Gasteiger partial charge in [-0.15, -0.1) is 0 Å². The highest BCUT2D eigenvalue weighted by atomic mass is 79.9. The molecule has 0 atom stereocenters. The maximum Gasteiger partial charge on any atom is 0.255 e. The third-order valence-corrected chi connectivity index (χ3v) is 5.98. The SMILES string of the molecule is CCS(=O)(=O)N1CCN(C(=O)c2ccc(F)cc2Br)CC1. The smallest absolute Gasteiger partial charge is 0.255 e. The lowest BCUT2D eigenvalue weighted by atomic mass is 10.2. The highest BCUT2D eigenvalue weighted by Gasteiger charge is 2.28. The predicted molar refractivity (Wildman–Crippen MR) is 81.0 cm³/mol. The number of sulfonamides is 1. The third kappa shape index (κ3) is 3.61. The molecule has 5 nitrogen and oxygen atoms in total. The van der Waals surface area contributed by atoms with E-state index in [4.69, 9.17) is 0 Å². The molecule has 0 N–H and O–H groups in total. The fourth-order valence-electron chi connectivity index (χ4n) is 2.19. The lowest BCUT2D eigenvalue weighted by Gasteiger charge is -2.34. The van der Waals surface area contributed by atoms with Crippen LogP contribution in [-0.4, -0.2) is 55.5 Å². The van der Waals surface area contributed by atoms with Crippen molar-refractivity contribution in [1.82, 2.24) is 9.21 Å². The van der Waals surface area contributed by atoms with E-state index < -0.39 is 15.8 Å². The molecular formula is C13H16BrFN2O3S. The average Bonchev–Trinajstić information content (AvgIpc) is 2.47. The number of rotatable bonds is 3. The third-order valence-electron chi connectivity index (χ3n) is 3.45. The molecule has 0 unspecified atom stereocenters. The van der Waals surface area contributed by atoms with Crippen molar-refractivity contribution >= 4 is 31.9 Å². The zero-order chi connectivity index (χ0) is 15.6. The number of nitrogens with zero attached hydrogens (tertiary/aromatic N) is 2. The van der Waals surface area contributed by atoms with Crippen LogP contribution in [0.1, 0.15) is 17.3 Å². The zero-order valence-corrected chi connectivity index (χ0v) is 14.0. The van der Waals surface area contributed by atoms with Crippen molar-refractivity contribution in [3.05, 3.63) is 34.1 Å². The standard InChI is InChI=1S/C13H16BrFN2O3S/c1-2-21(19,20)17-7-5-16(6-8-17)13(18)11-4-3-10(15)9-12(11)14/h3-4,9H,2,5-8H2,1H3. The summed E-state index contributed by atoms with van der Waals surface area (Å²) >= 11 is 3.18. The molecule has 1 amide bonds. The van der Waals surface area contributed by atoms with Crippen LogP contribution in [0.2, 0.25) is 0 Å². The van der Waals surface area contributed by atoms with Gasteiger partial charge in [-0.3, -0.25) is 4.79 Å². The summed E-state index contributed by atoms with van der Waals surface area (Å²) in [5.74, 6) is -0.586. The summed E-state index contributed by atoms with van der Waals surface area (Å²) in [5.41, 5.74) is 0.378. The number of benzene rings is 1. The van der Waals surface area contributed by atoms with E-state index in [9.17, 15) is 17.6 Å². The minimum Gasteiger partial charge on any atom is -0.336 e. The van der Waals surface area contributed by atoms with Crippen molar-refractivity contribution in [2.75, 3.05) is 31.9 Å². The van der Waals surface area contributed by atoms with Gasteiger partial charge in [0.05, 0.1) is 11.3 Å². The van der Waals surface area contributed by atoms with Crippen LogP contribution in [0.5, 0.6) is 0 Å². The Bertz CT molecular complexity index is 643. The first-order chi connectivity index (χ1) is 9.85. The van der Waals surface area contributed by atoms with E-state index in [1.807, 2.05) is 0 Å². The van der Waals surface area contributed by atoms with Crippen molar-refractivity contribution in [3.63, 3.8) is 0 Å². The van der Waals surface area contributed by atoms with E-state index in [1.165, 1.54) is 22.5 Å². The zero-order valence-electron chi connectivity index (χ0n) is 11.6. The van der Waals surface area contributed by atoms with Crippen LogP contribution in [0.4, 0.5) is 4.39 Å². The Morgan fingerprint density at radius 3 is 2.43 bits per heavy atom. The normalized spacial score (nSPS) is 17.0. The Balaban J connectivity index is 2.07. The van der Waals surface area contributed by atoms with Crippen molar-refractivity contribution in [2.24, 2.45) is 0 Å². The summed E-state index contributed by atoms with van der Waals surface area (Å²) in [4.78, 5) is 13.9. The molecule has 0 saturated carbocycles. The van der Waals surface area contributed by atoms with E-state index in [0.29, 0.717) is 36.2 Å². The minimum absolute atomic E-state index is 0.0600. The molecule has 0 spiro atoms. The number of piperazine rings is 1. The first-order valence-electron chi connectivity index (χ1n) is 6.57. The van der Waals surface area contributed by atoms with E-state index >= 15 is 0 Å². The molecule has 1 aliphatic heterocycles. The second kappa shape index (κ2) is 6.41. The van der Waals surface area contributed by atoms with E-state index in [1.54, 1.807) is 11.8 Å². The van der Waals surface area contributed by atoms with Crippen molar-refractivity contribution in [2.45, 2.75) is 6.92 Å². The monoisotopic (exact) mass is 378 g/mol. The molecule has 1 aromatic rings. The second-order valence-electron chi connectivity index (χ2n) is 4.72. The average molecular weight is 379 g/mol. The Hall–Kier alpha value is -0.990. The molecule has 1 saturated heterocycles. The van der Waals surface area contributed by atoms with E-state index in [0.717, 1.165) is 0 Å². The first kappa shape index (κ1) is 16.4. The Morgan fingerprint density at radius 2 is 1.90 bits per heavy atom. The van der Waals surface area contributed by atoms with Gasteiger partial charge < -0.3 is 4.90 Å². The van der Waals surface area contributed by atoms with E-state index in [2.05, 4.69) is 15.9 Å². The maximum atomic E-state index is 13.0. The van der Waals surface area contributed by atoms with Crippen LogP contribution in [0.15, 0.2) is 22.7 Å². The van der Waals surface area contributed by atoms with Gasteiger partial charge in [0.1, 0.15) is 5.82 Å². The highest BCUT2D eigenvalue weighted by molar-refractivity contribution is 9.10. The number of amides is 1. The summed E-state index contributed by atoms with van der Waals surface area (Å²) in [7, 11) is -3.21. The molecule has 1 aromatic carbocycles. The topological polar surface area (TPSA) is 57.7 Å². The quantitative estimate of drug-likeness (QED) is 0.803. The summed E-state index contributed by atoms with van der Waals surface area (Å²) < 4.78 is 38.4. The summed E-state index contributed by atoms with van der Waals surface area (Å²) in [6, 6.07) is 3.90. The summed E-state index contributed by atoms with van der Waals surface area (Å²) in [5, 5.41) is 0. The van der Waals surface area contributed by atoms with Gasteiger partial charge >= 0.3 is 0 Å². The van der Waals surface area contributed by atoms with Crippen LogP contribution < -0.4 is 0 Å². The Labute approximate surface area is 131 Å². The summed E-state index contributed by atoms with van der Waals surface area (Å²) in [6.45, 7) is 2.85. The molecule has 0 aromatic heterocycles. The largest absolute Gasteiger partial charge is 0.336 e. The Morgan fingerprint density at radius 1 is 1.29 bits per heavy atom. The fourth-order valence-corrected chi connectivity index (χ4v) is 3.79. The second-order valence-corrected chi connectivity index (χ2v) is 7.83. The van der Waals surface area contributed by atoms with Crippen LogP contribution in [0, 0.1) is 5.82 Å². The molecule has 1 heterocycles. The number of carbonyl (C=O) groups is 1.